The van der Waals surface area contributed by atoms with Crippen LogP contribution in [0, 0.1) is 11.2 Å². The summed E-state index contributed by atoms with van der Waals surface area (Å²) in [6.45, 7) is 3.77. The maximum absolute atomic E-state index is 13.0. The molecule has 1 fully saturated rings. The summed E-state index contributed by atoms with van der Waals surface area (Å²) in [5, 5.41) is 3.64. The van der Waals surface area contributed by atoms with Gasteiger partial charge >= 0.3 is 0 Å². The predicted octanol–water partition coefficient (Wildman–Crippen LogP) is 3.37. The number of nitrogens with one attached hydrogen (secondary N) is 1. The summed E-state index contributed by atoms with van der Waals surface area (Å²) in [6.07, 6.45) is 3.07. The predicted molar refractivity (Wildman–Crippen MR) is 74.9 cm³/mol. The molecule has 1 aliphatic rings. The maximum Gasteiger partial charge on any atom is 0.144 e. The first-order valence-corrected chi connectivity index (χ1v) is 7.13. The number of hydrogen-bond acceptors (Lipinski definition) is 2. The van der Waals surface area contributed by atoms with Gasteiger partial charge in [-0.3, -0.25) is 4.79 Å². The monoisotopic (exact) mass is 283 g/mol. The van der Waals surface area contributed by atoms with Gasteiger partial charge in [0.05, 0.1) is 0 Å². The highest BCUT2D eigenvalue weighted by Gasteiger charge is 2.37. The van der Waals surface area contributed by atoms with Crippen LogP contribution in [-0.4, -0.2) is 18.9 Å². The molecular formula is C15H19ClFNO. The molecule has 0 radical (unpaired) electrons. The van der Waals surface area contributed by atoms with E-state index < -0.39 is 0 Å². The van der Waals surface area contributed by atoms with E-state index in [9.17, 15) is 9.18 Å². The lowest BCUT2D eigenvalue weighted by molar-refractivity contribution is -0.129. The first kappa shape index (κ1) is 14.5. The van der Waals surface area contributed by atoms with Crippen molar-refractivity contribution in [1.29, 1.82) is 0 Å². The van der Waals surface area contributed by atoms with E-state index in [-0.39, 0.29) is 23.4 Å². The minimum atomic E-state index is -0.370. The minimum absolute atomic E-state index is 0.204. The molecule has 0 spiro atoms. The second-order valence-electron chi connectivity index (χ2n) is 5.25. The fraction of sp³-hybridized carbons (Fsp3) is 0.533. The SMILES string of the molecule is CCC1(C(=O)Cc2ccc(F)cc2Cl)CCCNC1. The van der Waals surface area contributed by atoms with E-state index in [1.54, 1.807) is 6.07 Å². The van der Waals surface area contributed by atoms with E-state index in [4.69, 9.17) is 11.6 Å². The van der Waals surface area contributed by atoms with Crippen molar-refractivity contribution in [2.24, 2.45) is 5.41 Å². The molecule has 0 aliphatic carbocycles. The van der Waals surface area contributed by atoms with Crippen LogP contribution in [0.4, 0.5) is 4.39 Å². The first-order chi connectivity index (χ1) is 9.07. The number of benzene rings is 1. The third-order valence-electron chi connectivity index (χ3n) is 4.11. The van der Waals surface area contributed by atoms with Crippen molar-refractivity contribution in [3.05, 3.63) is 34.6 Å². The number of hydrogen-bond donors (Lipinski definition) is 1. The second kappa shape index (κ2) is 6.02. The molecule has 0 saturated carbocycles. The van der Waals surface area contributed by atoms with Crippen LogP contribution in [0.3, 0.4) is 0 Å². The van der Waals surface area contributed by atoms with E-state index in [1.165, 1.54) is 12.1 Å². The number of ketones is 1. The number of piperidine rings is 1. The summed E-state index contributed by atoms with van der Waals surface area (Å²) in [6, 6.07) is 4.23. The van der Waals surface area contributed by atoms with Gasteiger partial charge in [0, 0.05) is 23.4 Å². The number of carbonyl (C=O) groups is 1. The van der Waals surface area contributed by atoms with E-state index in [2.05, 4.69) is 12.2 Å². The highest BCUT2D eigenvalue weighted by Crippen LogP contribution is 2.33. The molecule has 19 heavy (non-hydrogen) atoms. The van der Waals surface area contributed by atoms with E-state index in [0.717, 1.165) is 32.4 Å². The average molecular weight is 284 g/mol. The Bertz CT molecular complexity index is 469. The largest absolute Gasteiger partial charge is 0.316 e. The second-order valence-corrected chi connectivity index (χ2v) is 5.66. The van der Waals surface area contributed by atoms with Gasteiger partial charge in [0.1, 0.15) is 11.6 Å². The fourth-order valence-corrected chi connectivity index (χ4v) is 2.96. The smallest absolute Gasteiger partial charge is 0.144 e. The van der Waals surface area contributed by atoms with Crippen molar-refractivity contribution in [3.8, 4) is 0 Å². The topological polar surface area (TPSA) is 29.1 Å². The van der Waals surface area contributed by atoms with Crippen LogP contribution in [-0.2, 0) is 11.2 Å². The first-order valence-electron chi connectivity index (χ1n) is 6.75. The standard InChI is InChI=1S/C15H19ClFNO/c1-2-15(6-3-7-18-10-15)14(19)8-11-4-5-12(17)9-13(11)16/h4-5,9,18H,2-3,6-8,10H2,1H3. The summed E-state index contributed by atoms with van der Waals surface area (Å²) < 4.78 is 13.0. The molecule has 1 aliphatic heterocycles. The Morgan fingerprint density at radius 1 is 1.53 bits per heavy atom. The Hall–Kier alpha value is -0.930. The van der Waals surface area contributed by atoms with Crippen molar-refractivity contribution in [3.63, 3.8) is 0 Å². The summed E-state index contributed by atoms with van der Waals surface area (Å²) in [5.41, 5.74) is 0.433. The number of rotatable bonds is 4. The zero-order valence-electron chi connectivity index (χ0n) is 11.1. The quantitative estimate of drug-likeness (QED) is 0.918. The molecule has 1 atom stereocenters. The van der Waals surface area contributed by atoms with Crippen LogP contribution in [0.2, 0.25) is 5.02 Å². The third kappa shape index (κ3) is 3.15. The molecule has 104 valence electrons. The Balaban J connectivity index is 2.15. The Kier molecular flexibility index (Phi) is 4.58. The van der Waals surface area contributed by atoms with E-state index >= 15 is 0 Å². The van der Waals surface area contributed by atoms with Crippen LogP contribution in [0.25, 0.3) is 0 Å². The molecule has 1 unspecified atom stereocenters. The molecule has 1 aromatic rings. The zero-order chi connectivity index (χ0) is 13.9. The number of Topliss-reactive ketones (excluding diaryl/α,β-unsaturated/α-hetero) is 1. The van der Waals surface area contributed by atoms with Gasteiger partial charge in [-0.2, -0.15) is 0 Å². The molecule has 1 heterocycles. The van der Waals surface area contributed by atoms with Crippen molar-refractivity contribution in [2.45, 2.75) is 32.6 Å². The lowest BCUT2D eigenvalue weighted by Gasteiger charge is -2.35. The lowest BCUT2D eigenvalue weighted by atomic mass is 9.73. The van der Waals surface area contributed by atoms with Gasteiger partial charge in [-0.1, -0.05) is 24.6 Å². The molecule has 2 nitrogen and oxygen atoms in total. The van der Waals surface area contributed by atoms with Crippen LogP contribution in [0.15, 0.2) is 18.2 Å². The maximum atomic E-state index is 13.0. The Labute approximate surface area is 118 Å². The normalized spacial score (nSPS) is 23.3. The summed E-state index contributed by atoms with van der Waals surface area (Å²) in [7, 11) is 0. The van der Waals surface area contributed by atoms with Crippen molar-refractivity contribution < 1.29 is 9.18 Å². The van der Waals surface area contributed by atoms with Gasteiger partial charge in [0.15, 0.2) is 0 Å². The van der Waals surface area contributed by atoms with Crippen molar-refractivity contribution >= 4 is 17.4 Å². The van der Waals surface area contributed by atoms with E-state index in [0.29, 0.717) is 10.6 Å². The van der Waals surface area contributed by atoms with Gasteiger partial charge in [0.25, 0.3) is 0 Å². The summed E-state index contributed by atoms with van der Waals surface area (Å²) in [4.78, 5) is 12.6. The molecule has 1 aromatic carbocycles. The molecule has 0 amide bonds. The van der Waals surface area contributed by atoms with Crippen molar-refractivity contribution in [2.75, 3.05) is 13.1 Å². The van der Waals surface area contributed by atoms with Gasteiger partial charge in [-0.15, -0.1) is 0 Å². The molecule has 4 heteroatoms. The molecule has 1 N–H and O–H groups in total. The van der Waals surface area contributed by atoms with Gasteiger partial charge in [0.2, 0.25) is 0 Å². The van der Waals surface area contributed by atoms with Crippen LogP contribution in [0.5, 0.6) is 0 Å². The molecule has 2 rings (SSSR count). The molecule has 0 bridgehead atoms. The highest BCUT2D eigenvalue weighted by atomic mass is 35.5. The molecule has 0 aromatic heterocycles. The summed E-state index contributed by atoms with van der Waals surface area (Å²) >= 11 is 5.99. The highest BCUT2D eigenvalue weighted by molar-refractivity contribution is 6.31. The Morgan fingerprint density at radius 2 is 2.32 bits per heavy atom. The van der Waals surface area contributed by atoms with Crippen LogP contribution < -0.4 is 5.32 Å². The van der Waals surface area contributed by atoms with Gasteiger partial charge < -0.3 is 5.32 Å². The van der Waals surface area contributed by atoms with Crippen LogP contribution >= 0.6 is 11.6 Å². The summed E-state index contributed by atoms with van der Waals surface area (Å²) in [5.74, 6) is -0.165. The fourth-order valence-electron chi connectivity index (χ4n) is 2.73. The van der Waals surface area contributed by atoms with Gasteiger partial charge in [-0.05, 0) is 43.5 Å². The zero-order valence-corrected chi connectivity index (χ0v) is 11.9. The van der Waals surface area contributed by atoms with Gasteiger partial charge in [-0.25, -0.2) is 4.39 Å². The minimum Gasteiger partial charge on any atom is -0.316 e. The third-order valence-corrected chi connectivity index (χ3v) is 4.46. The lowest BCUT2D eigenvalue weighted by Crippen LogP contribution is -2.45. The van der Waals surface area contributed by atoms with Crippen molar-refractivity contribution in [1.82, 2.24) is 5.32 Å². The molecular weight excluding hydrogens is 265 g/mol. The number of carbonyl (C=O) groups excluding carboxylic acids is 1. The average Bonchev–Trinajstić information content (AvgIpc) is 2.42. The van der Waals surface area contributed by atoms with Crippen LogP contribution in [0.1, 0.15) is 31.7 Å². The van der Waals surface area contributed by atoms with E-state index in [1.807, 2.05) is 0 Å². The Morgan fingerprint density at radius 3 is 2.89 bits per heavy atom. The number of halogens is 2. The molecule has 1 saturated heterocycles.